The van der Waals surface area contributed by atoms with E-state index in [-0.39, 0.29) is 6.04 Å². The van der Waals surface area contributed by atoms with Gasteiger partial charge in [0.2, 0.25) is 0 Å². The SMILES string of the molecule is CN(CC(N)Cc1ccc(Cl)cc1)C1(C(=O)O)CCC1. The van der Waals surface area contributed by atoms with Gasteiger partial charge in [-0.3, -0.25) is 9.69 Å². The van der Waals surface area contributed by atoms with E-state index in [9.17, 15) is 9.90 Å². The molecule has 5 heteroatoms. The molecule has 0 amide bonds. The Hall–Kier alpha value is -1.10. The average Bonchev–Trinajstić information content (AvgIpc) is 2.29. The number of aliphatic carboxylic acids is 1. The minimum Gasteiger partial charge on any atom is -0.480 e. The van der Waals surface area contributed by atoms with Crippen LogP contribution in [0.15, 0.2) is 24.3 Å². The number of benzene rings is 1. The summed E-state index contributed by atoms with van der Waals surface area (Å²) in [6, 6.07) is 7.52. The van der Waals surface area contributed by atoms with Gasteiger partial charge >= 0.3 is 5.97 Å². The third kappa shape index (κ3) is 3.14. The Kier molecular flexibility index (Phi) is 4.68. The lowest BCUT2D eigenvalue weighted by Gasteiger charge is -2.45. The molecular formula is C15H21ClN2O2. The summed E-state index contributed by atoms with van der Waals surface area (Å²) in [7, 11) is 1.86. The molecule has 0 aliphatic heterocycles. The van der Waals surface area contributed by atoms with E-state index in [1.54, 1.807) is 0 Å². The van der Waals surface area contributed by atoms with E-state index in [4.69, 9.17) is 17.3 Å². The van der Waals surface area contributed by atoms with Gasteiger partial charge in [0.05, 0.1) is 0 Å². The van der Waals surface area contributed by atoms with Crippen molar-refractivity contribution in [3.63, 3.8) is 0 Å². The highest BCUT2D eigenvalue weighted by atomic mass is 35.5. The molecule has 0 bridgehead atoms. The summed E-state index contributed by atoms with van der Waals surface area (Å²) in [5.74, 6) is -0.732. The van der Waals surface area contributed by atoms with Crippen LogP contribution in [0.3, 0.4) is 0 Å². The van der Waals surface area contributed by atoms with E-state index in [1.165, 1.54) is 0 Å². The van der Waals surface area contributed by atoms with Crippen molar-refractivity contribution in [2.45, 2.75) is 37.3 Å². The Morgan fingerprint density at radius 3 is 2.50 bits per heavy atom. The second-order valence-corrected chi connectivity index (χ2v) is 6.10. The van der Waals surface area contributed by atoms with Crippen LogP contribution in [0.5, 0.6) is 0 Å². The normalized spacial score (nSPS) is 18.6. The first-order chi connectivity index (χ1) is 9.44. The third-order valence-corrected chi connectivity index (χ3v) is 4.48. The summed E-state index contributed by atoms with van der Waals surface area (Å²) >= 11 is 5.85. The first kappa shape index (κ1) is 15.3. The average molecular weight is 297 g/mol. The molecule has 4 nitrogen and oxygen atoms in total. The number of nitrogens with two attached hydrogens (primary N) is 1. The zero-order valence-corrected chi connectivity index (χ0v) is 12.4. The molecule has 1 atom stereocenters. The van der Waals surface area contributed by atoms with Gasteiger partial charge in [-0.05, 0) is 50.4 Å². The summed E-state index contributed by atoms with van der Waals surface area (Å²) < 4.78 is 0. The molecule has 20 heavy (non-hydrogen) atoms. The maximum absolute atomic E-state index is 11.4. The molecule has 0 radical (unpaired) electrons. The number of rotatable bonds is 6. The van der Waals surface area contributed by atoms with E-state index < -0.39 is 11.5 Å². The number of halogens is 1. The first-order valence-corrected chi connectivity index (χ1v) is 7.26. The molecule has 0 saturated heterocycles. The quantitative estimate of drug-likeness (QED) is 0.844. The molecule has 1 aromatic carbocycles. The van der Waals surface area contributed by atoms with Crippen molar-refractivity contribution >= 4 is 17.6 Å². The van der Waals surface area contributed by atoms with Crippen LogP contribution < -0.4 is 5.73 Å². The van der Waals surface area contributed by atoms with Gasteiger partial charge in [-0.15, -0.1) is 0 Å². The zero-order chi connectivity index (χ0) is 14.8. The molecule has 2 rings (SSSR count). The standard InChI is InChI=1S/C15H21ClN2O2/c1-18(15(14(19)20)7-2-8-15)10-13(17)9-11-3-5-12(16)6-4-11/h3-6,13H,2,7-10,17H2,1H3,(H,19,20). The summed E-state index contributed by atoms with van der Waals surface area (Å²) in [6.07, 6.45) is 3.12. The fourth-order valence-electron chi connectivity index (χ4n) is 2.78. The predicted molar refractivity (Wildman–Crippen MR) is 80.0 cm³/mol. The highest BCUT2D eigenvalue weighted by molar-refractivity contribution is 6.30. The van der Waals surface area contributed by atoms with Crippen LogP contribution in [0.1, 0.15) is 24.8 Å². The van der Waals surface area contributed by atoms with Crippen molar-refractivity contribution < 1.29 is 9.90 Å². The van der Waals surface area contributed by atoms with E-state index in [0.717, 1.165) is 18.4 Å². The Balaban J connectivity index is 1.92. The molecule has 1 aromatic rings. The number of hydrogen-bond acceptors (Lipinski definition) is 3. The lowest BCUT2D eigenvalue weighted by Crippen LogP contribution is -2.60. The van der Waals surface area contributed by atoms with Gasteiger partial charge in [0.15, 0.2) is 0 Å². The summed E-state index contributed by atoms with van der Waals surface area (Å²) in [5.41, 5.74) is 6.57. The van der Waals surface area contributed by atoms with Crippen LogP contribution in [0.2, 0.25) is 5.02 Å². The van der Waals surface area contributed by atoms with Crippen molar-refractivity contribution in [1.29, 1.82) is 0 Å². The minimum absolute atomic E-state index is 0.0852. The molecule has 0 aromatic heterocycles. The van der Waals surface area contributed by atoms with Crippen LogP contribution in [-0.4, -0.2) is 41.1 Å². The highest BCUT2D eigenvalue weighted by Gasteiger charge is 2.47. The van der Waals surface area contributed by atoms with Crippen molar-refractivity contribution in [1.82, 2.24) is 4.90 Å². The number of carboxylic acids is 1. The molecule has 1 aliphatic rings. The molecule has 1 unspecified atom stereocenters. The highest BCUT2D eigenvalue weighted by Crippen LogP contribution is 2.37. The van der Waals surface area contributed by atoms with Gasteiger partial charge < -0.3 is 10.8 Å². The van der Waals surface area contributed by atoms with Crippen molar-refractivity contribution in [2.75, 3.05) is 13.6 Å². The largest absolute Gasteiger partial charge is 0.480 e. The molecule has 3 N–H and O–H groups in total. The predicted octanol–water partition coefficient (Wildman–Crippen LogP) is 2.15. The van der Waals surface area contributed by atoms with Crippen LogP contribution in [0, 0.1) is 0 Å². The number of nitrogens with zero attached hydrogens (tertiary/aromatic N) is 1. The Morgan fingerprint density at radius 1 is 1.45 bits per heavy atom. The first-order valence-electron chi connectivity index (χ1n) is 6.89. The number of hydrogen-bond donors (Lipinski definition) is 2. The van der Waals surface area contributed by atoms with E-state index in [1.807, 2.05) is 36.2 Å². The molecule has 1 saturated carbocycles. The molecule has 1 fully saturated rings. The second kappa shape index (κ2) is 6.12. The molecule has 0 heterocycles. The molecular weight excluding hydrogens is 276 g/mol. The summed E-state index contributed by atoms with van der Waals surface area (Å²) in [5, 5.41) is 10.1. The van der Waals surface area contributed by atoms with E-state index in [0.29, 0.717) is 24.4 Å². The van der Waals surface area contributed by atoms with Gasteiger partial charge in [0.1, 0.15) is 5.54 Å². The number of carbonyl (C=O) groups is 1. The topological polar surface area (TPSA) is 66.6 Å². The third-order valence-electron chi connectivity index (χ3n) is 4.23. The fraction of sp³-hybridized carbons (Fsp3) is 0.533. The Morgan fingerprint density at radius 2 is 2.05 bits per heavy atom. The van der Waals surface area contributed by atoms with Crippen LogP contribution in [0.4, 0.5) is 0 Å². The fourth-order valence-corrected chi connectivity index (χ4v) is 2.91. The number of likely N-dealkylation sites (N-methyl/N-ethyl adjacent to an activating group) is 1. The van der Waals surface area contributed by atoms with Gasteiger partial charge in [-0.2, -0.15) is 0 Å². The van der Waals surface area contributed by atoms with Gasteiger partial charge in [-0.1, -0.05) is 23.7 Å². The maximum atomic E-state index is 11.4. The summed E-state index contributed by atoms with van der Waals surface area (Å²) in [4.78, 5) is 13.3. The van der Waals surface area contributed by atoms with Crippen LogP contribution in [0.25, 0.3) is 0 Å². The molecule has 110 valence electrons. The van der Waals surface area contributed by atoms with Crippen molar-refractivity contribution in [2.24, 2.45) is 5.73 Å². The van der Waals surface area contributed by atoms with Crippen LogP contribution >= 0.6 is 11.6 Å². The van der Waals surface area contributed by atoms with Gasteiger partial charge in [-0.25, -0.2) is 0 Å². The Labute approximate surface area is 124 Å². The monoisotopic (exact) mass is 296 g/mol. The lowest BCUT2D eigenvalue weighted by molar-refractivity contribution is -0.157. The smallest absolute Gasteiger partial charge is 0.324 e. The van der Waals surface area contributed by atoms with Crippen molar-refractivity contribution in [3.05, 3.63) is 34.9 Å². The van der Waals surface area contributed by atoms with Gasteiger partial charge in [0.25, 0.3) is 0 Å². The van der Waals surface area contributed by atoms with Gasteiger partial charge in [0, 0.05) is 17.6 Å². The Bertz CT molecular complexity index is 471. The minimum atomic E-state index is -0.732. The second-order valence-electron chi connectivity index (χ2n) is 5.66. The lowest BCUT2D eigenvalue weighted by atomic mass is 9.75. The maximum Gasteiger partial charge on any atom is 0.324 e. The van der Waals surface area contributed by atoms with E-state index >= 15 is 0 Å². The van der Waals surface area contributed by atoms with Crippen LogP contribution in [-0.2, 0) is 11.2 Å². The molecule has 0 spiro atoms. The summed E-state index contributed by atoms with van der Waals surface area (Å²) in [6.45, 7) is 0.578. The van der Waals surface area contributed by atoms with E-state index in [2.05, 4.69) is 0 Å². The van der Waals surface area contributed by atoms with Crippen molar-refractivity contribution in [3.8, 4) is 0 Å². The number of carboxylic acid groups (broad SMARTS) is 1. The zero-order valence-electron chi connectivity index (χ0n) is 11.7. The molecule has 1 aliphatic carbocycles.